The lowest BCUT2D eigenvalue weighted by atomic mass is 10.1. The highest BCUT2D eigenvalue weighted by molar-refractivity contribution is 5.91. The number of piperidine rings is 1. The maximum Gasteiger partial charge on any atom is 0.573 e. The van der Waals surface area contributed by atoms with Gasteiger partial charge in [-0.05, 0) is 55.7 Å². The number of hydrogen-bond acceptors (Lipinski definition) is 4. The van der Waals surface area contributed by atoms with Crippen molar-refractivity contribution in [2.45, 2.75) is 25.6 Å². The molecule has 1 fully saturated rings. The van der Waals surface area contributed by atoms with Crippen LogP contribution in [0.4, 0.5) is 19.0 Å². The van der Waals surface area contributed by atoms with Crippen LogP contribution in [0.25, 0.3) is 22.3 Å². The minimum atomic E-state index is -4.71. The van der Waals surface area contributed by atoms with Gasteiger partial charge in [-0.2, -0.15) is 0 Å². The van der Waals surface area contributed by atoms with Crippen molar-refractivity contribution in [3.63, 3.8) is 0 Å². The smallest absolute Gasteiger partial charge is 0.406 e. The highest BCUT2D eigenvalue weighted by Gasteiger charge is 2.31. The Balaban J connectivity index is 1.73. The number of aromatic nitrogens is 2. The van der Waals surface area contributed by atoms with Crippen LogP contribution in [0.5, 0.6) is 5.75 Å². The van der Waals surface area contributed by atoms with Crippen molar-refractivity contribution >= 4 is 16.7 Å². The zero-order valence-corrected chi connectivity index (χ0v) is 14.5. The number of hydrogen-bond donors (Lipinski definition) is 0. The molecule has 0 unspecified atom stereocenters. The second kappa shape index (κ2) is 7.06. The molecule has 0 bridgehead atoms. The van der Waals surface area contributed by atoms with Gasteiger partial charge in [0.1, 0.15) is 11.6 Å². The molecular formula is C20H18F3N3O. The first-order valence-electron chi connectivity index (χ1n) is 8.87. The van der Waals surface area contributed by atoms with Gasteiger partial charge in [-0.15, -0.1) is 13.2 Å². The first-order valence-corrected chi connectivity index (χ1v) is 8.87. The van der Waals surface area contributed by atoms with E-state index in [2.05, 4.69) is 14.6 Å². The van der Waals surface area contributed by atoms with Crippen LogP contribution >= 0.6 is 0 Å². The second-order valence-corrected chi connectivity index (χ2v) is 6.51. The topological polar surface area (TPSA) is 38.2 Å². The first kappa shape index (κ1) is 17.6. The van der Waals surface area contributed by atoms with Crippen molar-refractivity contribution in [1.29, 1.82) is 0 Å². The van der Waals surface area contributed by atoms with Crippen molar-refractivity contribution < 1.29 is 17.9 Å². The van der Waals surface area contributed by atoms with Crippen LogP contribution in [0.2, 0.25) is 0 Å². The minimum absolute atomic E-state index is 0.261. The molecule has 2 aromatic carbocycles. The van der Waals surface area contributed by atoms with Crippen LogP contribution in [0.1, 0.15) is 19.3 Å². The van der Waals surface area contributed by atoms with Gasteiger partial charge < -0.3 is 9.64 Å². The molecule has 0 amide bonds. The average molecular weight is 373 g/mol. The summed E-state index contributed by atoms with van der Waals surface area (Å²) in [6.07, 6.45) is -1.25. The van der Waals surface area contributed by atoms with Gasteiger partial charge in [0, 0.05) is 24.0 Å². The van der Waals surface area contributed by atoms with E-state index in [9.17, 15) is 13.2 Å². The largest absolute Gasteiger partial charge is 0.573 e. The number of nitrogens with zero attached hydrogens (tertiary/aromatic N) is 3. The normalized spacial score (nSPS) is 15.1. The first-order chi connectivity index (χ1) is 13.0. The molecule has 1 aliphatic rings. The summed E-state index contributed by atoms with van der Waals surface area (Å²) in [4.78, 5) is 11.6. The molecule has 27 heavy (non-hydrogen) atoms. The lowest BCUT2D eigenvalue weighted by Crippen LogP contribution is -2.30. The zero-order valence-electron chi connectivity index (χ0n) is 14.5. The van der Waals surface area contributed by atoms with E-state index in [1.165, 1.54) is 18.6 Å². The second-order valence-electron chi connectivity index (χ2n) is 6.51. The number of alkyl halides is 3. The van der Waals surface area contributed by atoms with Crippen LogP contribution < -0.4 is 9.64 Å². The van der Waals surface area contributed by atoms with E-state index in [0.717, 1.165) is 42.7 Å². The molecule has 2 heterocycles. The SMILES string of the molecule is FC(F)(F)Oc1ccc(-c2nc(N3CCCCC3)c3ccccc3n2)cc1. The van der Waals surface area contributed by atoms with E-state index in [-0.39, 0.29) is 5.75 Å². The fourth-order valence-corrected chi connectivity index (χ4v) is 3.34. The number of benzene rings is 2. The van der Waals surface area contributed by atoms with Gasteiger partial charge >= 0.3 is 6.36 Å². The average Bonchev–Trinajstić information content (AvgIpc) is 2.67. The lowest BCUT2D eigenvalue weighted by Gasteiger charge is -2.29. The third kappa shape index (κ3) is 3.97. The Morgan fingerprint density at radius 1 is 0.852 bits per heavy atom. The van der Waals surface area contributed by atoms with Gasteiger partial charge in [0.25, 0.3) is 0 Å². The van der Waals surface area contributed by atoms with Crippen LogP contribution in [0, 0.1) is 0 Å². The summed E-state index contributed by atoms with van der Waals surface area (Å²) >= 11 is 0. The summed E-state index contributed by atoms with van der Waals surface area (Å²) in [7, 11) is 0. The monoisotopic (exact) mass is 373 g/mol. The summed E-state index contributed by atoms with van der Waals surface area (Å²) in [5.74, 6) is 1.11. The van der Waals surface area contributed by atoms with Crippen molar-refractivity contribution in [3.05, 3.63) is 48.5 Å². The number of halogens is 3. The molecular weight excluding hydrogens is 355 g/mol. The molecule has 1 saturated heterocycles. The summed E-state index contributed by atoms with van der Waals surface area (Å²) in [5, 5.41) is 0.986. The van der Waals surface area contributed by atoms with Gasteiger partial charge in [0.15, 0.2) is 5.82 Å². The van der Waals surface area contributed by atoms with Crippen molar-refractivity contribution in [2.75, 3.05) is 18.0 Å². The maximum absolute atomic E-state index is 12.3. The van der Waals surface area contributed by atoms with Gasteiger partial charge in [-0.25, -0.2) is 9.97 Å². The Bertz CT molecular complexity index is 935. The highest BCUT2D eigenvalue weighted by Crippen LogP contribution is 2.30. The van der Waals surface area contributed by atoms with Crippen LogP contribution in [0.15, 0.2) is 48.5 Å². The van der Waals surface area contributed by atoms with Crippen LogP contribution in [0.3, 0.4) is 0 Å². The summed E-state index contributed by atoms with van der Waals surface area (Å²) in [6, 6.07) is 13.5. The fourth-order valence-electron chi connectivity index (χ4n) is 3.34. The predicted molar refractivity (Wildman–Crippen MR) is 97.7 cm³/mol. The summed E-state index contributed by atoms with van der Waals surface area (Å²) < 4.78 is 41.0. The van der Waals surface area contributed by atoms with Gasteiger partial charge in [0.2, 0.25) is 0 Å². The minimum Gasteiger partial charge on any atom is -0.406 e. The molecule has 0 saturated carbocycles. The van der Waals surface area contributed by atoms with Crippen LogP contribution in [-0.2, 0) is 0 Å². The molecule has 0 spiro atoms. The van der Waals surface area contributed by atoms with E-state index >= 15 is 0 Å². The quantitative estimate of drug-likeness (QED) is 0.634. The highest BCUT2D eigenvalue weighted by atomic mass is 19.4. The van der Waals surface area contributed by atoms with E-state index in [0.29, 0.717) is 11.4 Å². The molecule has 0 atom stereocenters. The number of fused-ring (bicyclic) bond motifs is 1. The Labute approximate surface area is 154 Å². The number of anilines is 1. The predicted octanol–water partition coefficient (Wildman–Crippen LogP) is 5.19. The standard InChI is InChI=1S/C20H18F3N3O/c21-20(22,23)27-15-10-8-14(9-11-15)18-24-17-7-3-2-6-16(17)19(25-18)26-12-4-1-5-13-26/h2-3,6-11H,1,4-5,12-13H2. The number of rotatable bonds is 3. The van der Waals surface area contributed by atoms with Crippen molar-refractivity contribution in [2.24, 2.45) is 0 Å². The number of para-hydroxylation sites is 1. The summed E-state index contributed by atoms with van der Waals surface area (Å²) in [5.41, 5.74) is 1.47. The fraction of sp³-hybridized carbons (Fsp3) is 0.300. The van der Waals surface area contributed by atoms with Gasteiger partial charge in [-0.1, -0.05) is 12.1 Å². The molecule has 3 aromatic rings. The molecule has 0 radical (unpaired) electrons. The van der Waals surface area contributed by atoms with Crippen molar-refractivity contribution in [1.82, 2.24) is 9.97 Å². The maximum atomic E-state index is 12.3. The Kier molecular flexibility index (Phi) is 4.59. The molecule has 1 aliphatic heterocycles. The van der Waals surface area contributed by atoms with E-state index in [4.69, 9.17) is 4.98 Å². The summed E-state index contributed by atoms with van der Waals surface area (Å²) in [6.45, 7) is 1.89. The molecule has 140 valence electrons. The zero-order chi connectivity index (χ0) is 18.9. The Hall–Kier alpha value is -2.83. The Morgan fingerprint density at radius 3 is 2.26 bits per heavy atom. The van der Waals surface area contributed by atoms with E-state index in [1.807, 2.05) is 24.3 Å². The van der Waals surface area contributed by atoms with Gasteiger partial charge in [-0.3, -0.25) is 0 Å². The lowest BCUT2D eigenvalue weighted by molar-refractivity contribution is -0.274. The van der Waals surface area contributed by atoms with Gasteiger partial charge in [0.05, 0.1) is 5.52 Å². The molecule has 7 heteroatoms. The van der Waals surface area contributed by atoms with E-state index in [1.54, 1.807) is 12.1 Å². The third-order valence-corrected chi connectivity index (χ3v) is 4.58. The molecule has 4 rings (SSSR count). The third-order valence-electron chi connectivity index (χ3n) is 4.58. The molecule has 1 aromatic heterocycles. The van der Waals surface area contributed by atoms with Crippen molar-refractivity contribution in [3.8, 4) is 17.1 Å². The Morgan fingerprint density at radius 2 is 1.56 bits per heavy atom. The van der Waals surface area contributed by atoms with Crippen LogP contribution in [-0.4, -0.2) is 29.4 Å². The molecule has 4 nitrogen and oxygen atoms in total. The molecule has 0 aliphatic carbocycles. The number of ether oxygens (including phenoxy) is 1. The van der Waals surface area contributed by atoms with E-state index < -0.39 is 6.36 Å². The molecule has 0 N–H and O–H groups in total.